The summed E-state index contributed by atoms with van der Waals surface area (Å²) < 4.78 is 12.8. The highest BCUT2D eigenvalue weighted by molar-refractivity contribution is 5.09. The van der Waals surface area contributed by atoms with Crippen molar-refractivity contribution >= 4 is 0 Å². The maximum absolute atomic E-state index is 12.8. The summed E-state index contributed by atoms with van der Waals surface area (Å²) in [7, 11) is 4.32. The molecule has 0 bridgehead atoms. The number of halogens is 1. The second-order valence-corrected chi connectivity index (χ2v) is 5.98. The van der Waals surface area contributed by atoms with Crippen LogP contribution in [0.15, 0.2) is 18.3 Å². The van der Waals surface area contributed by atoms with Gasteiger partial charge in [-0.05, 0) is 58.1 Å². The molecule has 1 aromatic rings. The molecule has 2 N–H and O–H groups in total. The molecule has 4 nitrogen and oxygen atoms in total. The second-order valence-electron chi connectivity index (χ2n) is 5.98. The Morgan fingerprint density at radius 3 is 2.95 bits per heavy atom. The van der Waals surface area contributed by atoms with Gasteiger partial charge in [0.05, 0.1) is 11.9 Å². The van der Waals surface area contributed by atoms with Crippen LogP contribution in [0.2, 0.25) is 0 Å². The first-order valence-electron chi connectivity index (χ1n) is 7.28. The molecule has 2 atom stereocenters. The highest BCUT2D eigenvalue weighted by Crippen LogP contribution is 2.16. The van der Waals surface area contributed by atoms with Gasteiger partial charge in [-0.3, -0.25) is 4.98 Å². The number of likely N-dealkylation sites (tertiary alicyclic amines) is 1. The molecule has 1 saturated heterocycles. The van der Waals surface area contributed by atoms with Gasteiger partial charge in [0.2, 0.25) is 0 Å². The Kier molecular flexibility index (Phi) is 5.46. The van der Waals surface area contributed by atoms with Gasteiger partial charge < -0.3 is 15.5 Å². The molecule has 2 rings (SSSR count). The molecular formula is C15H25FN4. The second kappa shape index (κ2) is 7.11. The van der Waals surface area contributed by atoms with Gasteiger partial charge in [0.15, 0.2) is 0 Å². The zero-order chi connectivity index (χ0) is 14.5. The van der Waals surface area contributed by atoms with Crippen LogP contribution in [0.5, 0.6) is 0 Å². The van der Waals surface area contributed by atoms with Crippen molar-refractivity contribution in [3.05, 3.63) is 29.8 Å². The molecule has 0 spiro atoms. The van der Waals surface area contributed by atoms with Crippen LogP contribution in [0.4, 0.5) is 4.39 Å². The van der Waals surface area contributed by atoms with Gasteiger partial charge in [0.1, 0.15) is 5.82 Å². The van der Waals surface area contributed by atoms with E-state index in [0.29, 0.717) is 0 Å². The smallest absolute Gasteiger partial charge is 0.141 e. The van der Waals surface area contributed by atoms with Crippen LogP contribution in [-0.4, -0.2) is 55.1 Å². The fraction of sp³-hybridized carbons (Fsp3) is 0.667. The third kappa shape index (κ3) is 4.51. The van der Waals surface area contributed by atoms with E-state index in [2.05, 4.69) is 28.9 Å². The molecule has 1 fully saturated rings. The summed E-state index contributed by atoms with van der Waals surface area (Å²) in [6.45, 7) is 4.46. The number of nitrogens with zero attached hydrogens (tertiary/aromatic N) is 3. The normalized spacial score (nSPS) is 21.6. The van der Waals surface area contributed by atoms with E-state index in [0.717, 1.165) is 31.1 Å². The Morgan fingerprint density at radius 2 is 2.35 bits per heavy atom. The molecule has 0 aliphatic carbocycles. The average molecular weight is 280 g/mol. The van der Waals surface area contributed by atoms with Crippen LogP contribution in [0.25, 0.3) is 0 Å². The van der Waals surface area contributed by atoms with Gasteiger partial charge >= 0.3 is 0 Å². The largest absolute Gasteiger partial charge is 0.323 e. The summed E-state index contributed by atoms with van der Waals surface area (Å²) in [6.07, 6.45) is 3.36. The summed E-state index contributed by atoms with van der Waals surface area (Å²) >= 11 is 0. The van der Waals surface area contributed by atoms with E-state index < -0.39 is 0 Å². The highest BCUT2D eigenvalue weighted by Gasteiger charge is 2.20. The lowest BCUT2D eigenvalue weighted by Gasteiger charge is -2.22. The van der Waals surface area contributed by atoms with Gasteiger partial charge in [-0.15, -0.1) is 0 Å². The first kappa shape index (κ1) is 15.4. The SMILES string of the molecule is CN1CCC(CN(C)CCC(N)c2ccc(F)cn2)C1. The zero-order valence-corrected chi connectivity index (χ0v) is 12.4. The lowest BCUT2D eigenvalue weighted by atomic mass is 10.1. The molecule has 0 amide bonds. The highest BCUT2D eigenvalue weighted by atomic mass is 19.1. The molecule has 0 aromatic carbocycles. The Labute approximate surface area is 120 Å². The summed E-state index contributed by atoms with van der Waals surface area (Å²) in [5.41, 5.74) is 6.87. The van der Waals surface area contributed by atoms with Crippen LogP contribution in [-0.2, 0) is 0 Å². The first-order valence-corrected chi connectivity index (χ1v) is 7.28. The van der Waals surface area contributed by atoms with E-state index in [1.807, 2.05) is 0 Å². The van der Waals surface area contributed by atoms with Crippen molar-refractivity contribution < 1.29 is 4.39 Å². The van der Waals surface area contributed by atoms with Crippen molar-refractivity contribution in [3.63, 3.8) is 0 Å². The molecule has 1 aliphatic rings. The van der Waals surface area contributed by atoms with Crippen LogP contribution >= 0.6 is 0 Å². The minimum atomic E-state index is -0.316. The minimum absolute atomic E-state index is 0.121. The quantitative estimate of drug-likeness (QED) is 0.857. The van der Waals surface area contributed by atoms with Crippen molar-refractivity contribution in [2.24, 2.45) is 11.7 Å². The average Bonchev–Trinajstić information content (AvgIpc) is 2.82. The topological polar surface area (TPSA) is 45.4 Å². The van der Waals surface area contributed by atoms with E-state index in [-0.39, 0.29) is 11.9 Å². The number of hydrogen-bond donors (Lipinski definition) is 1. The van der Waals surface area contributed by atoms with Crippen LogP contribution < -0.4 is 5.73 Å². The molecule has 2 heterocycles. The predicted octanol–water partition coefficient (Wildman–Crippen LogP) is 1.49. The number of pyridine rings is 1. The Balaban J connectivity index is 1.72. The van der Waals surface area contributed by atoms with E-state index >= 15 is 0 Å². The first-order chi connectivity index (χ1) is 9.54. The molecule has 112 valence electrons. The molecular weight excluding hydrogens is 255 g/mol. The third-order valence-corrected chi connectivity index (χ3v) is 4.01. The van der Waals surface area contributed by atoms with Gasteiger partial charge in [-0.25, -0.2) is 4.39 Å². The van der Waals surface area contributed by atoms with Crippen LogP contribution in [0.3, 0.4) is 0 Å². The van der Waals surface area contributed by atoms with Gasteiger partial charge in [0.25, 0.3) is 0 Å². The maximum atomic E-state index is 12.8. The monoisotopic (exact) mass is 280 g/mol. The fourth-order valence-electron chi connectivity index (χ4n) is 2.82. The summed E-state index contributed by atoms with van der Waals surface area (Å²) in [5.74, 6) is 0.452. The number of rotatable bonds is 6. The lowest BCUT2D eigenvalue weighted by Crippen LogP contribution is -2.30. The Bertz CT molecular complexity index is 409. The van der Waals surface area contributed by atoms with Gasteiger partial charge in [-0.2, -0.15) is 0 Å². The standard InChI is InChI=1S/C15H25FN4/c1-19-7-5-12(10-19)11-20(2)8-6-14(17)15-4-3-13(16)9-18-15/h3-4,9,12,14H,5-8,10-11,17H2,1-2H3. The van der Waals surface area contributed by atoms with Crippen molar-refractivity contribution in [2.75, 3.05) is 40.3 Å². The molecule has 20 heavy (non-hydrogen) atoms. The summed E-state index contributed by atoms with van der Waals surface area (Å²) in [4.78, 5) is 8.77. The number of hydrogen-bond acceptors (Lipinski definition) is 4. The molecule has 1 aliphatic heterocycles. The van der Waals surface area contributed by atoms with Gasteiger partial charge in [-0.1, -0.05) is 0 Å². The van der Waals surface area contributed by atoms with E-state index in [4.69, 9.17) is 5.73 Å². The minimum Gasteiger partial charge on any atom is -0.323 e. The number of aromatic nitrogens is 1. The molecule has 5 heteroatoms. The van der Waals surface area contributed by atoms with Crippen molar-refractivity contribution in [3.8, 4) is 0 Å². The molecule has 0 saturated carbocycles. The third-order valence-electron chi connectivity index (χ3n) is 4.01. The van der Waals surface area contributed by atoms with Crippen molar-refractivity contribution in [2.45, 2.75) is 18.9 Å². The summed E-state index contributed by atoms with van der Waals surface area (Å²) in [6, 6.07) is 2.97. The number of nitrogens with two attached hydrogens (primary N) is 1. The van der Waals surface area contributed by atoms with Crippen LogP contribution in [0, 0.1) is 11.7 Å². The maximum Gasteiger partial charge on any atom is 0.141 e. The Hall–Kier alpha value is -1.04. The summed E-state index contributed by atoms with van der Waals surface area (Å²) in [5, 5.41) is 0. The molecule has 2 unspecified atom stereocenters. The van der Waals surface area contributed by atoms with Crippen molar-refractivity contribution in [1.82, 2.24) is 14.8 Å². The molecule has 1 aromatic heterocycles. The van der Waals surface area contributed by atoms with Crippen molar-refractivity contribution in [1.29, 1.82) is 0 Å². The van der Waals surface area contributed by atoms with Gasteiger partial charge in [0, 0.05) is 19.1 Å². The molecule has 0 radical (unpaired) electrons. The van der Waals surface area contributed by atoms with E-state index in [1.165, 1.54) is 31.8 Å². The fourth-order valence-corrected chi connectivity index (χ4v) is 2.82. The van der Waals surface area contributed by atoms with E-state index in [1.54, 1.807) is 6.07 Å². The predicted molar refractivity (Wildman–Crippen MR) is 78.8 cm³/mol. The van der Waals surface area contributed by atoms with E-state index in [9.17, 15) is 4.39 Å². The Morgan fingerprint density at radius 1 is 1.55 bits per heavy atom. The van der Waals surface area contributed by atoms with Crippen LogP contribution in [0.1, 0.15) is 24.6 Å². The lowest BCUT2D eigenvalue weighted by molar-refractivity contribution is 0.264. The zero-order valence-electron chi connectivity index (χ0n) is 12.4.